The Morgan fingerprint density at radius 1 is 1.53 bits per heavy atom. The first kappa shape index (κ1) is 13.0. The van der Waals surface area contributed by atoms with Crippen LogP contribution < -0.4 is 5.32 Å². The van der Waals surface area contributed by atoms with Gasteiger partial charge in [-0.25, -0.2) is 0 Å². The highest BCUT2D eigenvalue weighted by atomic mass is 127. The van der Waals surface area contributed by atoms with Crippen molar-refractivity contribution in [3.05, 3.63) is 33.4 Å². The van der Waals surface area contributed by atoms with Gasteiger partial charge in [0.05, 0.1) is 5.56 Å². The summed E-state index contributed by atoms with van der Waals surface area (Å²) in [7, 11) is 0. The summed E-state index contributed by atoms with van der Waals surface area (Å²) in [5.74, 6) is 0.00583. The normalized spacial score (nSPS) is 12.2. The third-order valence-electron chi connectivity index (χ3n) is 2.13. The molecule has 0 heterocycles. The molecule has 0 saturated heterocycles. The summed E-state index contributed by atoms with van der Waals surface area (Å²) in [4.78, 5) is 11.9. The van der Waals surface area contributed by atoms with Crippen LogP contribution in [0.25, 0.3) is 0 Å². The Bertz CT molecular complexity index is 339. The van der Waals surface area contributed by atoms with E-state index < -0.39 is 0 Å². The van der Waals surface area contributed by atoms with Crippen LogP contribution in [0.1, 0.15) is 23.7 Å². The van der Waals surface area contributed by atoms with Crippen LogP contribution in [0.3, 0.4) is 0 Å². The molecule has 0 aliphatic heterocycles. The van der Waals surface area contributed by atoms with Crippen molar-refractivity contribution < 1.29 is 4.79 Å². The SMILES string of the molecule is CCC(CBr)NC(=O)c1ccccc1I. The third-order valence-corrected chi connectivity index (χ3v) is 3.86. The molecule has 4 heteroatoms. The van der Waals surface area contributed by atoms with E-state index in [9.17, 15) is 4.79 Å². The average molecular weight is 382 g/mol. The second-order valence-corrected chi connectivity index (χ2v) is 5.02. The third kappa shape index (κ3) is 3.75. The first-order valence-corrected chi connectivity index (χ1v) is 7.00. The number of rotatable bonds is 4. The van der Waals surface area contributed by atoms with E-state index in [1.165, 1.54) is 0 Å². The van der Waals surface area contributed by atoms with Crippen molar-refractivity contribution in [3.63, 3.8) is 0 Å². The van der Waals surface area contributed by atoms with E-state index >= 15 is 0 Å². The van der Waals surface area contributed by atoms with Crippen molar-refractivity contribution in [1.29, 1.82) is 0 Å². The number of amides is 1. The van der Waals surface area contributed by atoms with E-state index in [-0.39, 0.29) is 11.9 Å². The lowest BCUT2D eigenvalue weighted by Gasteiger charge is -2.14. The Morgan fingerprint density at radius 3 is 2.73 bits per heavy atom. The number of alkyl halides is 1. The fourth-order valence-corrected chi connectivity index (χ4v) is 2.41. The van der Waals surface area contributed by atoms with Gasteiger partial charge in [0.15, 0.2) is 0 Å². The molecule has 1 N–H and O–H groups in total. The van der Waals surface area contributed by atoms with Crippen LogP contribution in [0.2, 0.25) is 0 Å². The highest BCUT2D eigenvalue weighted by Crippen LogP contribution is 2.11. The molecule has 82 valence electrons. The molecule has 0 spiro atoms. The summed E-state index contributed by atoms with van der Waals surface area (Å²) in [5.41, 5.74) is 0.748. The van der Waals surface area contributed by atoms with Crippen LogP contribution in [0.15, 0.2) is 24.3 Å². The lowest BCUT2D eigenvalue weighted by Crippen LogP contribution is -2.35. The Balaban J connectivity index is 2.73. The van der Waals surface area contributed by atoms with Gasteiger partial charge in [-0.3, -0.25) is 4.79 Å². The molecular formula is C11H13BrINO. The van der Waals surface area contributed by atoms with Crippen LogP contribution in [0, 0.1) is 3.57 Å². The van der Waals surface area contributed by atoms with E-state index in [0.29, 0.717) is 0 Å². The molecule has 1 aromatic carbocycles. The smallest absolute Gasteiger partial charge is 0.252 e. The number of hydrogen-bond acceptors (Lipinski definition) is 1. The summed E-state index contributed by atoms with van der Waals surface area (Å²) in [5, 5.41) is 3.77. The number of nitrogens with one attached hydrogen (secondary N) is 1. The molecule has 0 fully saturated rings. The topological polar surface area (TPSA) is 29.1 Å². The molecule has 15 heavy (non-hydrogen) atoms. The molecule has 0 aliphatic rings. The molecule has 0 radical (unpaired) electrons. The summed E-state index contributed by atoms with van der Waals surface area (Å²) in [6, 6.07) is 7.79. The second kappa shape index (κ2) is 6.48. The molecule has 1 unspecified atom stereocenters. The molecule has 1 aromatic rings. The van der Waals surface area contributed by atoms with Gasteiger partial charge < -0.3 is 5.32 Å². The lowest BCUT2D eigenvalue weighted by atomic mass is 10.2. The van der Waals surface area contributed by atoms with Crippen LogP contribution in [-0.4, -0.2) is 17.3 Å². The Hall–Kier alpha value is -0.100. The Kier molecular flexibility index (Phi) is 5.60. The van der Waals surface area contributed by atoms with Gasteiger partial charge in [-0.05, 0) is 41.1 Å². The first-order valence-electron chi connectivity index (χ1n) is 4.80. The summed E-state index contributed by atoms with van der Waals surface area (Å²) >= 11 is 5.55. The number of halogens is 2. The van der Waals surface area contributed by atoms with Gasteiger partial charge in [0, 0.05) is 14.9 Å². The molecule has 0 aliphatic carbocycles. The van der Waals surface area contributed by atoms with E-state index in [4.69, 9.17) is 0 Å². The zero-order chi connectivity index (χ0) is 11.3. The minimum atomic E-state index is 0.00583. The molecule has 0 bridgehead atoms. The second-order valence-electron chi connectivity index (χ2n) is 3.21. The van der Waals surface area contributed by atoms with E-state index in [1.54, 1.807) is 0 Å². The lowest BCUT2D eigenvalue weighted by molar-refractivity contribution is 0.0939. The summed E-state index contributed by atoms with van der Waals surface area (Å²) < 4.78 is 0.983. The zero-order valence-corrected chi connectivity index (χ0v) is 12.2. The Labute approximate surface area is 112 Å². The van der Waals surface area contributed by atoms with E-state index in [0.717, 1.165) is 20.9 Å². The molecule has 1 amide bonds. The van der Waals surface area contributed by atoms with Crippen LogP contribution in [-0.2, 0) is 0 Å². The Morgan fingerprint density at radius 2 is 2.20 bits per heavy atom. The van der Waals surface area contributed by atoms with Crippen molar-refractivity contribution in [1.82, 2.24) is 5.32 Å². The van der Waals surface area contributed by atoms with E-state index in [1.807, 2.05) is 24.3 Å². The van der Waals surface area contributed by atoms with Gasteiger partial charge in [-0.1, -0.05) is 35.0 Å². The minimum Gasteiger partial charge on any atom is -0.348 e. The van der Waals surface area contributed by atoms with Crippen molar-refractivity contribution in [2.45, 2.75) is 19.4 Å². The monoisotopic (exact) mass is 381 g/mol. The van der Waals surface area contributed by atoms with Crippen LogP contribution in [0.4, 0.5) is 0 Å². The highest BCUT2D eigenvalue weighted by molar-refractivity contribution is 14.1. The van der Waals surface area contributed by atoms with Gasteiger partial charge in [0.25, 0.3) is 5.91 Å². The van der Waals surface area contributed by atoms with Gasteiger partial charge >= 0.3 is 0 Å². The summed E-state index contributed by atoms with van der Waals surface area (Å²) in [6.07, 6.45) is 0.931. The first-order chi connectivity index (χ1) is 7.19. The molecule has 2 nitrogen and oxygen atoms in total. The average Bonchev–Trinajstić information content (AvgIpc) is 2.26. The maximum atomic E-state index is 11.9. The van der Waals surface area contributed by atoms with Crippen molar-refractivity contribution in [3.8, 4) is 0 Å². The molecule has 1 atom stereocenters. The minimum absolute atomic E-state index is 0.00583. The molecular weight excluding hydrogens is 369 g/mol. The number of carbonyl (C=O) groups excluding carboxylic acids is 1. The van der Waals surface area contributed by atoms with E-state index in [2.05, 4.69) is 50.8 Å². The number of benzene rings is 1. The fraction of sp³-hybridized carbons (Fsp3) is 0.364. The molecule has 0 aromatic heterocycles. The fourth-order valence-electron chi connectivity index (χ4n) is 1.16. The molecule has 1 rings (SSSR count). The number of carbonyl (C=O) groups is 1. The van der Waals surface area contributed by atoms with Gasteiger partial charge in [-0.2, -0.15) is 0 Å². The van der Waals surface area contributed by atoms with Gasteiger partial charge in [0.2, 0.25) is 0 Å². The van der Waals surface area contributed by atoms with Crippen LogP contribution >= 0.6 is 38.5 Å². The standard InChI is InChI=1S/C11H13BrINO/c1-2-8(7-12)14-11(15)9-5-3-4-6-10(9)13/h3-6,8H,2,7H2,1H3,(H,14,15). The maximum absolute atomic E-state index is 11.9. The van der Waals surface area contributed by atoms with Crippen molar-refractivity contribution in [2.24, 2.45) is 0 Å². The van der Waals surface area contributed by atoms with Crippen molar-refractivity contribution in [2.75, 3.05) is 5.33 Å². The largest absolute Gasteiger partial charge is 0.348 e. The highest BCUT2D eigenvalue weighted by Gasteiger charge is 2.12. The predicted octanol–water partition coefficient (Wildman–Crippen LogP) is 3.19. The predicted molar refractivity (Wildman–Crippen MR) is 74.5 cm³/mol. The van der Waals surface area contributed by atoms with Crippen LogP contribution in [0.5, 0.6) is 0 Å². The molecule has 0 saturated carbocycles. The quantitative estimate of drug-likeness (QED) is 0.629. The summed E-state index contributed by atoms with van der Waals surface area (Å²) in [6.45, 7) is 2.06. The van der Waals surface area contributed by atoms with Crippen molar-refractivity contribution >= 4 is 44.4 Å². The van der Waals surface area contributed by atoms with Gasteiger partial charge in [-0.15, -0.1) is 0 Å². The number of hydrogen-bond donors (Lipinski definition) is 1. The zero-order valence-electron chi connectivity index (χ0n) is 8.47. The maximum Gasteiger partial charge on any atom is 0.252 e. The van der Waals surface area contributed by atoms with Gasteiger partial charge in [0.1, 0.15) is 0 Å².